The zero-order chi connectivity index (χ0) is 17.9. The van der Waals surface area contributed by atoms with E-state index < -0.39 is 5.60 Å². The van der Waals surface area contributed by atoms with Crippen molar-refractivity contribution in [2.45, 2.75) is 45.6 Å². The summed E-state index contributed by atoms with van der Waals surface area (Å²) in [5, 5.41) is 5.09. The van der Waals surface area contributed by atoms with Gasteiger partial charge in [-0.15, -0.1) is 0 Å². The number of fused-ring (bicyclic) bond motifs is 1. The molecule has 25 heavy (non-hydrogen) atoms. The number of ether oxygens (including phenoxy) is 2. The molecule has 0 aliphatic heterocycles. The lowest BCUT2D eigenvalue weighted by Gasteiger charge is -2.28. The van der Waals surface area contributed by atoms with Crippen molar-refractivity contribution in [3.8, 4) is 5.75 Å². The first kappa shape index (κ1) is 17.7. The van der Waals surface area contributed by atoms with Crippen LogP contribution >= 0.6 is 0 Å². The van der Waals surface area contributed by atoms with Crippen LogP contribution < -0.4 is 10.1 Å². The van der Waals surface area contributed by atoms with E-state index >= 15 is 0 Å². The normalized spacial score (nSPS) is 16.4. The van der Waals surface area contributed by atoms with Gasteiger partial charge in [-0.1, -0.05) is 31.2 Å². The molecule has 0 saturated heterocycles. The maximum atomic E-state index is 12.9. The van der Waals surface area contributed by atoms with Gasteiger partial charge in [0.1, 0.15) is 11.4 Å². The largest absolute Gasteiger partial charge is 0.493 e. The standard InChI is InChI=1S/C21H27NO3/c1-4-14-24-19-13-12-18(16-8-6-7-9-17(16)19)22-20(23)21(3,25-5-2)15-10-11-15/h6-9,12-13,15H,4-5,10-11,14H2,1-3H3,(H,22,23)/t21-/m0/s1. The molecule has 4 nitrogen and oxygen atoms in total. The Morgan fingerprint density at radius 1 is 1.16 bits per heavy atom. The van der Waals surface area contributed by atoms with Gasteiger partial charge in [-0.05, 0) is 51.2 Å². The van der Waals surface area contributed by atoms with Gasteiger partial charge in [-0.25, -0.2) is 0 Å². The van der Waals surface area contributed by atoms with E-state index in [0.29, 0.717) is 19.1 Å². The average molecular weight is 341 g/mol. The Morgan fingerprint density at radius 3 is 2.52 bits per heavy atom. The van der Waals surface area contributed by atoms with Gasteiger partial charge in [-0.2, -0.15) is 0 Å². The highest BCUT2D eigenvalue weighted by Crippen LogP contribution is 2.43. The second-order valence-electron chi connectivity index (χ2n) is 6.77. The van der Waals surface area contributed by atoms with E-state index in [4.69, 9.17) is 9.47 Å². The van der Waals surface area contributed by atoms with Crippen molar-refractivity contribution in [3.63, 3.8) is 0 Å². The third-order valence-electron chi connectivity index (χ3n) is 4.85. The zero-order valence-electron chi connectivity index (χ0n) is 15.3. The molecule has 1 N–H and O–H groups in total. The van der Waals surface area contributed by atoms with Crippen LogP contribution in [0.25, 0.3) is 10.8 Å². The van der Waals surface area contributed by atoms with E-state index in [-0.39, 0.29) is 5.91 Å². The Kier molecular flexibility index (Phi) is 5.28. The number of rotatable bonds is 8. The number of nitrogens with one attached hydrogen (secondary N) is 1. The summed E-state index contributed by atoms with van der Waals surface area (Å²) in [4.78, 5) is 12.9. The highest BCUT2D eigenvalue weighted by molar-refractivity contribution is 6.06. The number of hydrogen-bond acceptors (Lipinski definition) is 3. The molecule has 1 amide bonds. The van der Waals surface area contributed by atoms with E-state index in [0.717, 1.165) is 41.5 Å². The molecule has 0 unspecified atom stereocenters. The van der Waals surface area contributed by atoms with E-state index in [1.165, 1.54) is 0 Å². The number of carbonyl (C=O) groups excluding carboxylic acids is 1. The van der Waals surface area contributed by atoms with Gasteiger partial charge in [-0.3, -0.25) is 4.79 Å². The summed E-state index contributed by atoms with van der Waals surface area (Å²) in [5.41, 5.74) is 0.0452. The van der Waals surface area contributed by atoms with Gasteiger partial charge in [0.15, 0.2) is 0 Å². The fourth-order valence-electron chi connectivity index (χ4n) is 3.27. The molecule has 1 aliphatic carbocycles. The molecule has 0 spiro atoms. The fraction of sp³-hybridized carbons (Fsp3) is 0.476. The maximum Gasteiger partial charge on any atom is 0.256 e. The van der Waals surface area contributed by atoms with Gasteiger partial charge >= 0.3 is 0 Å². The monoisotopic (exact) mass is 341 g/mol. The predicted octanol–water partition coefficient (Wildman–Crippen LogP) is 4.77. The van der Waals surface area contributed by atoms with Gasteiger partial charge in [0.25, 0.3) is 5.91 Å². The topological polar surface area (TPSA) is 47.6 Å². The van der Waals surface area contributed by atoms with E-state index in [1.54, 1.807) is 0 Å². The minimum atomic E-state index is -0.757. The van der Waals surface area contributed by atoms with Crippen LogP contribution in [0.2, 0.25) is 0 Å². The SMILES string of the molecule is CCCOc1ccc(NC(=O)[C@@](C)(OCC)C2CC2)c2ccccc12. The Hall–Kier alpha value is -2.07. The summed E-state index contributed by atoms with van der Waals surface area (Å²) in [6.07, 6.45) is 3.06. The first-order valence-corrected chi connectivity index (χ1v) is 9.20. The highest BCUT2D eigenvalue weighted by Gasteiger charge is 2.48. The van der Waals surface area contributed by atoms with Crippen molar-refractivity contribution in [3.05, 3.63) is 36.4 Å². The number of hydrogen-bond donors (Lipinski definition) is 1. The molecule has 0 aromatic heterocycles. The van der Waals surface area contributed by atoms with Crippen LogP contribution in [0.15, 0.2) is 36.4 Å². The molecule has 0 radical (unpaired) electrons. The quantitative estimate of drug-likeness (QED) is 0.752. The molecular formula is C21H27NO3. The molecule has 134 valence electrons. The predicted molar refractivity (Wildman–Crippen MR) is 101 cm³/mol. The van der Waals surface area contributed by atoms with E-state index in [2.05, 4.69) is 12.2 Å². The summed E-state index contributed by atoms with van der Waals surface area (Å²) >= 11 is 0. The summed E-state index contributed by atoms with van der Waals surface area (Å²) in [5.74, 6) is 1.10. The third kappa shape index (κ3) is 3.64. The van der Waals surface area contributed by atoms with Gasteiger partial charge in [0, 0.05) is 23.1 Å². The lowest BCUT2D eigenvalue weighted by Crippen LogP contribution is -2.44. The Bertz CT molecular complexity index is 754. The third-order valence-corrected chi connectivity index (χ3v) is 4.85. The van der Waals surface area contributed by atoms with Crippen LogP contribution in [0.1, 0.15) is 40.0 Å². The van der Waals surface area contributed by atoms with E-state index in [1.807, 2.05) is 50.2 Å². The van der Waals surface area contributed by atoms with Crippen LogP contribution in [0.5, 0.6) is 5.75 Å². The minimum Gasteiger partial charge on any atom is -0.493 e. The molecule has 0 heterocycles. The highest BCUT2D eigenvalue weighted by atomic mass is 16.5. The lowest BCUT2D eigenvalue weighted by atomic mass is 9.98. The van der Waals surface area contributed by atoms with Gasteiger partial charge in [0.2, 0.25) is 0 Å². The molecule has 1 saturated carbocycles. The first-order chi connectivity index (χ1) is 12.1. The molecule has 0 bridgehead atoms. The van der Waals surface area contributed by atoms with Crippen LogP contribution in [0, 0.1) is 5.92 Å². The van der Waals surface area contributed by atoms with Crippen LogP contribution in [0.3, 0.4) is 0 Å². The van der Waals surface area contributed by atoms with Crippen molar-refractivity contribution >= 4 is 22.4 Å². The van der Waals surface area contributed by atoms with Crippen LogP contribution in [0.4, 0.5) is 5.69 Å². The second-order valence-corrected chi connectivity index (χ2v) is 6.77. The van der Waals surface area contributed by atoms with E-state index in [9.17, 15) is 4.79 Å². The van der Waals surface area contributed by atoms with Crippen molar-refractivity contribution in [1.82, 2.24) is 0 Å². The zero-order valence-corrected chi connectivity index (χ0v) is 15.3. The summed E-state index contributed by atoms with van der Waals surface area (Å²) in [6, 6.07) is 11.9. The van der Waals surface area contributed by atoms with Crippen molar-refractivity contribution in [1.29, 1.82) is 0 Å². The molecule has 3 rings (SSSR count). The Morgan fingerprint density at radius 2 is 1.88 bits per heavy atom. The van der Waals surface area contributed by atoms with Gasteiger partial charge < -0.3 is 14.8 Å². The van der Waals surface area contributed by atoms with Crippen molar-refractivity contribution < 1.29 is 14.3 Å². The Labute approximate surface area is 149 Å². The van der Waals surface area contributed by atoms with Crippen LogP contribution in [-0.2, 0) is 9.53 Å². The molecular weight excluding hydrogens is 314 g/mol. The smallest absolute Gasteiger partial charge is 0.256 e. The number of anilines is 1. The number of benzene rings is 2. The van der Waals surface area contributed by atoms with Crippen molar-refractivity contribution in [2.24, 2.45) is 5.92 Å². The molecule has 1 fully saturated rings. The molecule has 2 aromatic carbocycles. The van der Waals surface area contributed by atoms with Crippen molar-refractivity contribution in [2.75, 3.05) is 18.5 Å². The first-order valence-electron chi connectivity index (χ1n) is 9.20. The number of carbonyl (C=O) groups is 1. The Balaban J connectivity index is 1.90. The number of amides is 1. The molecule has 4 heteroatoms. The summed E-state index contributed by atoms with van der Waals surface area (Å²) in [6.45, 7) is 7.14. The van der Waals surface area contributed by atoms with Crippen LogP contribution in [-0.4, -0.2) is 24.7 Å². The second kappa shape index (κ2) is 7.44. The minimum absolute atomic E-state index is 0.0655. The molecule has 2 aromatic rings. The average Bonchev–Trinajstić information content (AvgIpc) is 3.46. The summed E-state index contributed by atoms with van der Waals surface area (Å²) in [7, 11) is 0. The fourth-order valence-corrected chi connectivity index (χ4v) is 3.27. The lowest BCUT2D eigenvalue weighted by molar-refractivity contribution is -0.141. The molecule has 1 aliphatic rings. The molecule has 1 atom stereocenters. The maximum absolute atomic E-state index is 12.9. The summed E-state index contributed by atoms with van der Waals surface area (Å²) < 4.78 is 11.7. The van der Waals surface area contributed by atoms with Gasteiger partial charge in [0.05, 0.1) is 6.61 Å².